The Balaban J connectivity index is 1.73. The van der Waals surface area contributed by atoms with E-state index >= 15 is 0 Å². The SMILES string of the molecule is O=C(CNc1ccc(Br)cn1)NCc1ccco1. The molecule has 0 fully saturated rings. The molecular weight excluding hydrogens is 298 g/mol. The Hall–Kier alpha value is -1.82. The highest BCUT2D eigenvalue weighted by Crippen LogP contribution is 2.09. The molecule has 2 aromatic heterocycles. The Labute approximate surface area is 113 Å². The lowest BCUT2D eigenvalue weighted by molar-refractivity contribution is -0.119. The van der Waals surface area contributed by atoms with E-state index in [2.05, 4.69) is 31.5 Å². The summed E-state index contributed by atoms with van der Waals surface area (Å²) in [4.78, 5) is 15.6. The number of amides is 1. The summed E-state index contributed by atoms with van der Waals surface area (Å²) in [7, 11) is 0. The van der Waals surface area contributed by atoms with Crippen molar-refractivity contribution >= 4 is 27.7 Å². The maximum Gasteiger partial charge on any atom is 0.239 e. The van der Waals surface area contributed by atoms with Crippen LogP contribution in [0.3, 0.4) is 0 Å². The minimum Gasteiger partial charge on any atom is -0.467 e. The third kappa shape index (κ3) is 3.89. The third-order valence-corrected chi connectivity index (χ3v) is 2.67. The first-order valence-corrected chi connectivity index (χ1v) is 6.18. The number of furan rings is 1. The molecule has 0 bridgehead atoms. The molecule has 0 saturated heterocycles. The molecule has 0 radical (unpaired) electrons. The highest BCUT2D eigenvalue weighted by Gasteiger charge is 2.02. The summed E-state index contributed by atoms with van der Waals surface area (Å²) < 4.78 is 6.01. The normalized spacial score (nSPS) is 10.1. The molecule has 0 unspecified atom stereocenters. The summed E-state index contributed by atoms with van der Waals surface area (Å²) in [6, 6.07) is 7.25. The van der Waals surface area contributed by atoms with Gasteiger partial charge in [-0.3, -0.25) is 4.79 Å². The van der Waals surface area contributed by atoms with E-state index in [0.717, 1.165) is 10.2 Å². The van der Waals surface area contributed by atoms with Gasteiger partial charge in [-0.15, -0.1) is 0 Å². The van der Waals surface area contributed by atoms with E-state index in [1.807, 2.05) is 12.1 Å². The molecule has 0 atom stereocenters. The standard InChI is InChI=1S/C12H12BrN3O2/c13-9-3-4-11(14-6-9)15-8-12(17)16-7-10-2-1-5-18-10/h1-6H,7-8H2,(H,14,15)(H,16,17). The van der Waals surface area contributed by atoms with Crippen LogP contribution in [-0.4, -0.2) is 17.4 Å². The summed E-state index contributed by atoms with van der Waals surface area (Å²) in [5.74, 6) is 1.27. The minimum absolute atomic E-state index is 0.115. The molecule has 5 nitrogen and oxygen atoms in total. The van der Waals surface area contributed by atoms with Gasteiger partial charge in [0.05, 0.1) is 19.4 Å². The van der Waals surface area contributed by atoms with Crippen molar-refractivity contribution < 1.29 is 9.21 Å². The van der Waals surface area contributed by atoms with Crippen LogP contribution in [0.15, 0.2) is 45.6 Å². The molecule has 94 valence electrons. The molecule has 0 aliphatic carbocycles. The van der Waals surface area contributed by atoms with Crippen molar-refractivity contribution in [3.8, 4) is 0 Å². The van der Waals surface area contributed by atoms with Crippen molar-refractivity contribution in [3.63, 3.8) is 0 Å². The molecule has 2 heterocycles. The Morgan fingerprint density at radius 2 is 2.28 bits per heavy atom. The number of nitrogens with zero attached hydrogens (tertiary/aromatic N) is 1. The predicted octanol–water partition coefficient (Wildman–Crippen LogP) is 2.17. The lowest BCUT2D eigenvalue weighted by Crippen LogP contribution is -2.29. The van der Waals surface area contributed by atoms with Gasteiger partial charge in [-0.25, -0.2) is 4.98 Å². The largest absolute Gasteiger partial charge is 0.467 e. The number of halogens is 1. The zero-order chi connectivity index (χ0) is 12.8. The molecule has 2 N–H and O–H groups in total. The van der Waals surface area contributed by atoms with Gasteiger partial charge in [0.25, 0.3) is 0 Å². The van der Waals surface area contributed by atoms with Gasteiger partial charge in [-0.05, 0) is 40.2 Å². The number of nitrogens with one attached hydrogen (secondary N) is 2. The fourth-order valence-corrected chi connectivity index (χ4v) is 1.55. The number of carbonyl (C=O) groups excluding carboxylic acids is 1. The topological polar surface area (TPSA) is 67.2 Å². The molecule has 0 saturated carbocycles. The number of anilines is 1. The van der Waals surface area contributed by atoms with Crippen LogP contribution >= 0.6 is 15.9 Å². The molecule has 0 spiro atoms. The fourth-order valence-electron chi connectivity index (χ4n) is 1.31. The Morgan fingerprint density at radius 1 is 1.39 bits per heavy atom. The number of hydrogen-bond donors (Lipinski definition) is 2. The number of carbonyl (C=O) groups is 1. The Kier molecular flexibility index (Phi) is 4.35. The molecule has 0 aromatic carbocycles. The van der Waals surface area contributed by atoms with Gasteiger partial charge < -0.3 is 15.1 Å². The van der Waals surface area contributed by atoms with Gasteiger partial charge >= 0.3 is 0 Å². The first kappa shape index (κ1) is 12.6. The van der Waals surface area contributed by atoms with E-state index in [9.17, 15) is 4.79 Å². The van der Waals surface area contributed by atoms with E-state index in [1.54, 1.807) is 24.6 Å². The van der Waals surface area contributed by atoms with Crippen LogP contribution in [0.4, 0.5) is 5.82 Å². The summed E-state index contributed by atoms with van der Waals surface area (Å²) >= 11 is 3.29. The number of rotatable bonds is 5. The summed E-state index contributed by atoms with van der Waals surface area (Å²) in [5, 5.41) is 5.66. The van der Waals surface area contributed by atoms with Crippen LogP contribution in [0.2, 0.25) is 0 Å². The maximum atomic E-state index is 11.5. The zero-order valence-corrected chi connectivity index (χ0v) is 11.1. The van der Waals surface area contributed by atoms with Crippen molar-refractivity contribution in [2.75, 3.05) is 11.9 Å². The first-order valence-electron chi connectivity index (χ1n) is 5.38. The van der Waals surface area contributed by atoms with Gasteiger partial charge in [0.2, 0.25) is 5.91 Å². The van der Waals surface area contributed by atoms with Gasteiger partial charge in [0.1, 0.15) is 11.6 Å². The van der Waals surface area contributed by atoms with E-state index in [1.165, 1.54) is 0 Å². The van der Waals surface area contributed by atoms with Crippen molar-refractivity contribution in [1.82, 2.24) is 10.3 Å². The van der Waals surface area contributed by atoms with Crippen molar-refractivity contribution in [2.24, 2.45) is 0 Å². The zero-order valence-electron chi connectivity index (χ0n) is 9.52. The summed E-state index contributed by atoms with van der Waals surface area (Å²) in [5.41, 5.74) is 0. The number of pyridine rings is 1. The average molecular weight is 310 g/mol. The molecule has 18 heavy (non-hydrogen) atoms. The number of aromatic nitrogens is 1. The van der Waals surface area contributed by atoms with Gasteiger partial charge in [-0.2, -0.15) is 0 Å². The third-order valence-electron chi connectivity index (χ3n) is 2.20. The quantitative estimate of drug-likeness (QED) is 0.888. The fraction of sp³-hybridized carbons (Fsp3) is 0.167. The van der Waals surface area contributed by atoms with E-state index in [0.29, 0.717) is 12.4 Å². The monoisotopic (exact) mass is 309 g/mol. The minimum atomic E-state index is -0.115. The number of hydrogen-bond acceptors (Lipinski definition) is 4. The predicted molar refractivity (Wildman–Crippen MR) is 71.0 cm³/mol. The maximum absolute atomic E-state index is 11.5. The van der Waals surface area contributed by atoms with Gasteiger partial charge in [-0.1, -0.05) is 0 Å². The molecule has 0 aliphatic heterocycles. The first-order chi connectivity index (χ1) is 8.74. The Morgan fingerprint density at radius 3 is 2.94 bits per heavy atom. The Bertz CT molecular complexity index is 497. The lowest BCUT2D eigenvalue weighted by Gasteiger charge is -2.06. The summed E-state index contributed by atoms with van der Waals surface area (Å²) in [6.07, 6.45) is 3.24. The van der Waals surface area contributed by atoms with Crippen LogP contribution in [-0.2, 0) is 11.3 Å². The van der Waals surface area contributed by atoms with Crippen LogP contribution in [0.25, 0.3) is 0 Å². The van der Waals surface area contributed by atoms with Crippen LogP contribution in [0.1, 0.15) is 5.76 Å². The second kappa shape index (κ2) is 6.20. The van der Waals surface area contributed by atoms with Crippen molar-refractivity contribution in [1.29, 1.82) is 0 Å². The molecule has 2 aromatic rings. The van der Waals surface area contributed by atoms with Crippen LogP contribution in [0.5, 0.6) is 0 Å². The highest BCUT2D eigenvalue weighted by molar-refractivity contribution is 9.10. The smallest absolute Gasteiger partial charge is 0.239 e. The van der Waals surface area contributed by atoms with Gasteiger partial charge in [0.15, 0.2) is 0 Å². The van der Waals surface area contributed by atoms with Crippen molar-refractivity contribution in [3.05, 3.63) is 47.0 Å². The van der Waals surface area contributed by atoms with Crippen LogP contribution in [0, 0.1) is 0 Å². The summed E-state index contributed by atoms with van der Waals surface area (Å²) in [6.45, 7) is 0.566. The molecular formula is C12H12BrN3O2. The highest BCUT2D eigenvalue weighted by atomic mass is 79.9. The van der Waals surface area contributed by atoms with Gasteiger partial charge in [0, 0.05) is 10.7 Å². The second-order valence-corrected chi connectivity index (χ2v) is 4.49. The van der Waals surface area contributed by atoms with E-state index in [4.69, 9.17) is 4.42 Å². The van der Waals surface area contributed by atoms with E-state index < -0.39 is 0 Å². The molecule has 2 rings (SSSR count). The molecule has 1 amide bonds. The molecule has 0 aliphatic rings. The lowest BCUT2D eigenvalue weighted by atomic mass is 10.4. The average Bonchev–Trinajstić information content (AvgIpc) is 2.89. The van der Waals surface area contributed by atoms with Crippen LogP contribution < -0.4 is 10.6 Å². The molecule has 6 heteroatoms. The second-order valence-electron chi connectivity index (χ2n) is 3.57. The van der Waals surface area contributed by atoms with E-state index in [-0.39, 0.29) is 12.5 Å². The van der Waals surface area contributed by atoms with Crippen molar-refractivity contribution in [2.45, 2.75) is 6.54 Å².